The zero-order valence-electron chi connectivity index (χ0n) is 21.9. The number of nitrogens with zero attached hydrogens (tertiary/aromatic N) is 2. The van der Waals surface area contributed by atoms with Gasteiger partial charge in [0.1, 0.15) is 12.6 Å². The van der Waals surface area contributed by atoms with Crippen molar-refractivity contribution >= 4 is 34.9 Å². The largest absolute Gasteiger partial charge is 0.478 e. The third-order valence-corrected chi connectivity index (χ3v) is 6.41. The summed E-state index contributed by atoms with van der Waals surface area (Å²) in [5, 5.41) is 26.0. The first-order chi connectivity index (χ1) is 19.7. The number of ether oxygens (including phenoxy) is 1. The highest BCUT2D eigenvalue weighted by atomic mass is 35.5. The minimum absolute atomic E-state index is 0.0499. The van der Waals surface area contributed by atoms with Gasteiger partial charge in [-0.15, -0.1) is 5.10 Å². The molecule has 4 rings (SSSR count). The molecule has 0 saturated carbocycles. The standard InChI is InChI=1S/C30H26ClN3O7/c1-18(36)23-12-9-21(31)16-24(23)25-17-27(37)34(33-29(25)41-14-13-35)26(15-19-5-3-2-4-6-19)28(38)32-22-10-7-20(8-11-22)30(39)40/h2-12,16-17,26,35H,13-15H2,1H3,(H,32,38)(H,39,40)/t26-/m0/s1. The van der Waals surface area contributed by atoms with Gasteiger partial charge in [0, 0.05) is 28.8 Å². The van der Waals surface area contributed by atoms with E-state index in [4.69, 9.17) is 21.4 Å². The Kier molecular flexibility index (Phi) is 9.28. The second-order valence-electron chi connectivity index (χ2n) is 9.04. The number of benzene rings is 3. The van der Waals surface area contributed by atoms with Crippen molar-refractivity contribution in [2.75, 3.05) is 18.5 Å². The normalized spacial score (nSPS) is 11.5. The Morgan fingerprint density at radius 1 is 1.00 bits per heavy atom. The number of amides is 1. The molecule has 0 bridgehead atoms. The maximum Gasteiger partial charge on any atom is 0.335 e. The Hall–Kier alpha value is -4.80. The van der Waals surface area contributed by atoms with E-state index in [1.165, 1.54) is 49.4 Å². The Labute approximate surface area is 239 Å². The topological polar surface area (TPSA) is 148 Å². The molecule has 0 aliphatic heterocycles. The minimum Gasteiger partial charge on any atom is -0.478 e. The summed E-state index contributed by atoms with van der Waals surface area (Å²) in [7, 11) is 0. The Balaban J connectivity index is 1.82. The summed E-state index contributed by atoms with van der Waals surface area (Å²) in [5.74, 6) is -2.05. The lowest BCUT2D eigenvalue weighted by atomic mass is 9.98. The molecule has 1 aromatic heterocycles. The van der Waals surface area contributed by atoms with Crippen LogP contribution >= 0.6 is 11.6 Å². The van der Waals surface area contributed by atoms with Crippen molar-refractivity contribution in [1.29, 1.82) is 0 Å². The van der Waals surface area contributed by atoms with Gasteiger partial charge >= 0.3 is 5.97 Å². The summed E-state index contributed by atoms with van der Waals surface area (Å²) in [4.78, 5) is 50.7. The second-order valence-corrected chi connectivity index (χ2v) is 9.48. The summed E-state index contributed by atoms with van der Waals surface area (Å²) in [6.07, 6.45) is 0.0848. The molecule has 0 radical (unpaired) electrons. The first-order valence-corrected chi connectivity index (χ1v) is 12.9. The van der Waals surface area contributed by atoms with Crippen LogP contribution in [0.25, 0.3) is 11.1 Å². The molecule has 1 amide bonds. The molecule has 1 heterocycles. The Morgan fingerprint density at radius 2 is 1.71 bits per heavy atom. The fourth-order valence-electron chi connectivity index (χ4n) is 4.21. The molecule has 0 aliphatic carbocycles. The number of aliphatic hydroxyl groups excluding tert-OH is 1. The highest BCUT2D eigenvalue weighted by Crippen LogP contribution is 2.33. The lowest BCUT2D eigenvalue weighted by molar-refractivity contribution is -0.119. The molecule has 0 aliphatic rings. The highest BCUT2D eigenvalue weighted by Gasteiger charge is 2.27. The van der Waals surface area contributed by atoms with Gasteiger partial charge in [-0.05, 0) is 60.5 Å². The van der Waals surface area contributed by atoms with E-state index in [9.17, 15) is 24.3 Å². The number of aromatic carboxylic acids is 1. The van der Waals surface area contributed by atoms with Crippen molar-refractivity contribution in [3.05, 3.63) is 111 Å². The van der Waals surface area contributed by atoms with Crippen molar-refractivity contribution in [3.8, 4) is 17.0 Å². The molecule has 0 fully saturated rings. The molecule has 1 atom stereocenters. The number of rotatable bonds is 11. The fraction of sp³-hybridized carbons (Fsp3) is 0.167. The van der Waals surface area contributed by atoms with E-state index >= 15 is 0 Å². The van der Waals surface area contributed by atoms with Crippen LogP contribution in [-0.4, -0.2) is 50.9 Å². The number of Topliss-reactive ketones (excluding diaryl/α,β-unsaturated/α-hetero) is 1. The average Bonchev–Trinajstić information content (AvgIpc) is 2.95. The minimum atomic E-state index is -1.15. The number of carbonyl (C=O) groups is 3. The third kappa shape index (κ3) is 7.05. The van der Waals surface area contributed by atoms with Gasteiger partial charge in [0.15, 0.2) is 5.78 Å². The highest BCUT2D eigenvalue weighted by molar-refractivity contribution is 6.31. The third-order valence-electron chi connectivity index (χ3n) is 6.17. The Morgan fingerprint density at radius 3 is 2.34 bits per heavy atom. The monoisotopic (exact) mass is 575 g/mol. The van der Waals surface area contributed by atoms with Gasteiger partial charge in [-0.25, -0.2) is 9.48 Å². The van der Waals surface area contributed by atoms with Crippen molar-refractivity contribution < 1.29 is 29.3 Å². The van der Waals surface area contributed by atoms with Crippen LogP contribution in [0.3, 0.4) is 0 Å². The van der Waals surface area contributed by atoms with Gasteiger partial charge in [0.05, 0.1) is 17.7 Å². The van der Waals surface area contributed by atoms with Crippen LogP contribution in [0.5, 0.6) is 5.88 Å². The van der Waals surface area contributed by atoms with Gasteiger partial charge in [-0.3, -0.25) is 14.4 Å². The first-order valence-electron chi connectivity index (χ1n) is 12.5. The summed E-state index contributed by atoms with van der Waals surface area (Å²) < 4.78 is 6.67. The van der Waals surface area contributed by atoms with Gasteiger partial charge in [0.2, 0.25) is 11.8 Å². The average molecular weight is 576 g/mol. The van der Waals surface area contributed by atoms with Crippen LogP contribution < -0.4 is 15.6 Å². The molecule has 10 nitrogen and oxygen atoms in total. The van der Waals surface area contributed by atoms with Gasteiger partial charge in [-0.2, -0.15) is 0 Å². The van der Waals surface area contributed by atoms with E-state index in [1.807, 2.05) is 6.07 Å². The lowest BCUT2D eigenvalue weighted by Gasteiger charge is -2.21. The zero-order valence-corrected chi connectivity index (χ0v) is 22.7. The van der Waals surface area contributed by atoms with Crippen molar-refractivity contribution in [2.45, 2.75) is 19.4 Å². The van der Waals surface area contributed by atoms with E-state index in [-0.39, 0.29) is 48.0 Å². The Bertz CT molecular complexity index is 1640. The summed E-state index contributed by atoms with van der Waals surface area (Å²) in [5.41, 5.74) is 1.25. The van der Waals surface area contributed by atoms with E-state index < -0.39 is 23.5 Å². The van der Waals surface area contributed by atoms with Crippen LogP contribution in [-0.2, 0) is 11.2 Å². The van der Waals surface area contributed by atoms with Gasteiger partial charge < -0.3 is 20.3 Å². The molecule has 41 heavy (non-hydrogen) atoms. The number of carboxylic acid groups (broad SMARTS) is 1. The lowest BCUT2D eigenvalue weighted by Crippen LogP contribution is -2.36. The number of aromatic nitrogens is 2. The van der Waals surface area contributed by atoms with Crippen LogP contribution in [0.4, 0.5) is 5.69 Å². The number of hydrogen-bond donors (Lipinski definition) is 3. The molecular weight excluding hydrogens is 550 g/mol. The van der Waals surface area contributed by atoms with E-state index in [1.54, 1.807) is 30.3 Å². The van der Waals surface area contributed by atoms with E-state index in [0.717, 1.165) is 10.2 Å². The molecular formula is C30H26ClN3O7. The van der Waals surface area contributed by atoms with E-state index in [0.29, 0.717) is 16.3 Å². The number of halogens is 1. The number of nitrogens with one attached hydrogen (secondary N) is 1. The van der Waals surface area contributed by atoms with E-state index in [2.05, 4.69) is 10.4 Å². The van der Waals surface area contributed by atoms with Crippen molar-refractivity contribution in [3.63, 3.8) is 0 Å². The summed E-state index contributed by atoms with van der Waals surface area (Å²) >= 11 is 6.20. The number of aliphatic hydroxyl groups is 1. The smallest absolute Gasteiger partial charge is 0.335 e. The molecule has 0 unspecified atom stereocenters. The molecule has 4 aromatic rings. The van der Waals surface area contributed by atoms with Crippen LogP contribution in [0.15, 0.2) is 83.7 Å². The number of hydrogen-bond acceptors (Lipinski definition) is 7. The van der Waals surface area contributed by atoms with Gasteiger partial charge in [0.25, 0.3) is 5.56 Å². The number of ketones is 1. The van der Waals surface area contributed by atoms with Crippen molar-refractivity contribution in [1.82, 2.24) is 9.78 Å². The second kappa shape index (κ2) is 13.0. The molecule has 0 spiro atoms. The predicted octanol–water partition coefficient (Wildman–Crippen LogP) is 4.26. The first kappa shape index (κ1) is 29.2. The van der Waals surface area contributed by atoms with Crippen LogP contribution in [0.1, 0.15) is 39.2 Å². The quantitative estimate of drug-likeness (QED) is 0.225. The maximum absolute atomic E-state index is 13.6. The fourth-order valence-corrected chi connectivity index (χ4v) is 4.39. The van der Waals surface area contributed by atoms with Crippen molar-refractivity contribution in [2.24, 2.45) is 0 Å². The molecule has 3 N–H and O–H groups in total. The molecule has 3 aromatic carbocycles. The van der Waals surface area contributed by atoms with Crippen LogP contribution in [0.2, 0.25) is 5.02 Å². The number of anilines is 1. The van der Waals surface area contributed by atoms with Gasteiger partial charge in [-0.1, -0.05) is 41.9 Å². The molecule has 0 saturated heterocycles. The summed E-state index contributed by atoms with van der Waals surface area (Å²) in [6.45, 7) is 0.855. The molecule has 11 heteroatoms. The SMILES string of the molecule is CC(=O)c1ccc(Cl)cc1-c1cc(=O)n([C@@H](Cc2ccccc2)C(=O)Nc2ccc(C(=O)O)cc2)nc1OCCO. The number of carbonyl (C=O) groups excluding carboxylic acids is 2. The molecule has 210 valence electrons. The van der Waals surface area contributed by atoms with Crippen LogP contribution in [0, 0.1) is 0 Å². The summed E-state index contributed by atoms with van der Waals surface area (Å²) in [6, 6.07) is 19.3. The zero-order chi connectivity index (χ0) is 29.5. The predicted molar refractivity (Wildman–Crippen MR) is 153 cm³/mol. The number of carboxylic acids is 1. The maximum atomic E-state index is 13.6.